The van der Waals surface area contributed by atoms with Crippen LogP contribution in [0.25, 0.3) is 0 Å². The summed E-state index contributed by atoms with van der Waals surface area (Å²) >= 11 is 9.23. The average Bonchev–Trinajstić information content (AvgIpc) is 2.85. The Morgan fingerprint density at radius 3 is 3.11 bits per heavy atom. The standard InChI is InChI=1S/C13H15BrClNO2/c14-12-2-1-10(15)7-11(12)13(17)16-5-3-9-4-6-18-8-9/h1-2,7,9H,3-6,8H2,(H,16,17). The maximum Gasteiger partial charge on any atom is 0.252 e. The monoisotopic (exact) mass is 331 g/mol. The first-order chi connectivity index (χ1) is 8.66. The normalized spacial score (nSPS) is 18.9. The second kappa shape index (κ2) is 6.55. The Bertz CT molecular complexity index is 433. The van der Waals surface area contributed by atoms with E-state index in [-0.39, 0.29) is 5.91 Å². The Balaban J connectivity index is 1.85. The lowest BCUT2D eigenvalue weighted by Crippen LogP contribution is -2.26. The number of amides is 1. The number of nitrogens with one attached hydrogen (secondary N) is 1. The fourth-order valence-corrected chi connectivity index (χ4v) is 2.57. The molecular formula is C13H15BrClNO2. The van der Waals surface area contributed by atoms with Crippen molar-refractivity contribution < 1.29 is 9.53 Å². The van der Waals surface area contributed by atoms with Crippen molar-refractivity contribution in [1.82, 2.24) is 5.32 Å². The maximum absolute atomic E-state index is 12.0. The summed E-state index contributed by atoms with van der Waals surface area (Å²) in [6.07, 6.45) is 2.06. The first-order valence-electron chi connectivity index (χ1n) is 5.98. The summed E-state index contributed by atoms with van der Waals surface area (Å²) in [6.45, 7) is 2.33. The van der Waals surface area contributed by atoms with Gasteiger partial charge in [-0.05, 0) is 52.9 Å². The van der Waals surface area contributed by atoms with Gasteiger partial charge in [0.2, 0.25) is 0 Å². The summed E-state index contributed by atoms with van der Waals surface area (Å²) in [4.78, 5) is 12.0. The van der Waals surface area contributed by atoms with Crippen molar-refractivity contribution in [2.24, 2.45) is 5.92 Å². The summed E-state index contributed by atoms with van der Waals surface area (Å²) in [5.41, 5.74) is 0.574. The minimum atomic E-state index is -0.0942. The van der Waals surface area contributed by atoms with Gasteiger partial charge in [0, 0.05) is 29.3 Å². The van der Waals surface area contributed by atoms with Crippen LogP contribution in [0.15, 0.2) is 22.7 Å². The zero-order chi connectivity index (χ0) is 13.0. The minimum Gasteiger partial charge on any atom is -0.381 e. The molecule has 1 aliphatic rings. The number of carbonyl (C=O) groups is 1. The van der Waals surface area contributed by atoms with Crippen molar-refractivity contribution >= 4 is 33.4 Å². The zero-order valence-electron chi connectivity index (χ0n) is 9.92. The highest BCUT2D eigenvalue weighted by Crippen LogP contribution is 2.21. The molecule has 0 bridgehead atoms. The van der Waals surface area contributed by atoms with Gasteiger partial charge in [-0.25, -0.2) is 0 Å². The van der Waals surface area contributed by atoms with E-state index in [0.717, 1.165) is 30.5 Å². The van der Waals surface area contributed by atoms with Gasteiger partial charge in [-0.2, -0.15) is 0 Å². The van der Waals surface area contributed by atoms with Crippen molar-refractivity contribution in [2.45, 2.75) is 12.8 Å². The van der Waals surface area contributed by atoms with Crippen molar-refractivity contribution in [3.8, 4) is 0 Å². The van der Waals surface area contributed by atoms with Gasteiger partial charge in [0.1, 0.15) is 0 Å². The lowest BCUT2D eigenvalue weighted by molar-refractivity contribution is 0.0949. The summed E-state index contributed by atoms with van der Waals surface area (Å²) in [7, 11) is 0. The molecule has 1 unspecified atom stereocenters. The molecule has 1 aliphatic heterocycles. The topological polar surface area (TPSA) is 38.3 Å². The van der Waals surface area contributed by atoms with Gasteiger partial charge < -0.3 is 10.1 Å². The highest BCUT2D eigenvalue weighted by molar-refractivity contribution is 9.10. The number of ether oxygens (including phenoxy) is 1. The van der Waals surface area contributed by atoms with Crippen LogP contribution < -0.4 is 5.32 Å². The lowest BCUT2D eigenvalue weighted by atomic mass is 10.1. The molecule has 5 heteroatoms. The van der Waals surface area contributed by atoms with E-state index in [0.29, 0.717) is 23.0 Å². The first kappa shape index (κ1) is 13.8. The molecule has 3 nitrogen and oxygen atoms in total. The van der Waals surface area contributed by atoms with E-state index in [2.05, 4.69) is 21.2 Å². The number of halogens is 2. The van der Waals surface area contributed by atoms with E-state index in [1.165, 1.54) is 0 Å². The first-order valence-corrected chi connectivity index (χ1v) is 7.15. The Morgan fingerprint density at radius 1 is 1.56 bits per heavy atom. The average molecular weight is 333 g/mol. The van der Waals surface area contributed by atoms with Gasteiger partial charge in [0.15, 0.2) is 0 Å². The molecule has 1 aromatic carbocycles. The molecular weight excluding hydrogens is 318 g/mol. The fourth-order valence-electron chi connectivity index (χ4n) is 1.97. The smallest absolute Gasteiger partial charge is 0.252 e. The van der Waals surface area contributed by atoms with E-state index < -0.39 is 0 Å². The molecule has 2 rings (SSSR count). The molecule has 1 N–H and O–H groups in total. The third-order valence-corrected chi connectivity index (χ3v) is 3.96. The van der Waals surface area contributed by atoms with Crippen LogP contribution >= 0.6 is 27.5 Å². The number of hydrogen-bond acceptors (Lipinski definition) is 2. The molecule has 0 aromatic heterocycles. The summed E-state index contributed by atoms with van der Waals surface area (Å²) in [5, 5.41) is 3.47. The van der Waals surface area contributed by atoms with Crippen molar-refractivity contribution in [2.75, 3.05) is 19.8 Å². The Kier molecular flexibility index (Phi) is 5.03. The highest BCUT2D eigenvalue weighted by atomic mass is 79.9. The van der Waals surface area contributed by atoms with Crippen LogP contribution in [0.2, 0.25) is 5.02 Å². The molecule has 1 aromatic rings. The summed E-state index contributed by atoms with van der Waals surface area (Å²) < 4.78 is 6.05. The molecule has 18 heavy (non-hydrogen) atoms. The molecule has 98 valence electrons. The predicted octanol–water partition coefficient (Wildman–Crippen LogP) is 3.26. The molecule has 0 radical (unpaired) electrons. The van der Waals surface area contributed by atoms with Gasteiger partial charge in [0.05, 0.1) is 5.56 Å². The lowest BCUT2D eigenvalue weighted by Gasteiger charge is -2.10. The van der Waals surface area contributed by atoms with Crippen molar-refractivity contribution in [3.63, 3.8) is 0 Å². The molecule has 1 heterocycles. The second-order valence-corrected chi connectivity index (χ2v) is 5.69. The van der Waals surface area contributed by atoms with Gasteiger partial charge >= 0.3 is 0 Å². The SMILES string of the molecule is O=C(NCCC1CCOC1)c1cc(Cl)ccc1Br. The fraction of sp³-hybridized carbons (Fsp3) is 0.462. The zero-order valence-corrected chi connectivity index (χ0v) is 12.3. The van der Waals surface area contributed by atoms with Crippen LogP contribution in [-0.2, 0) is 4.74 Å². The van der Waals surface area contributed by atoms with Gasteiger partial charge in [-0.3, -0.25) is 4.79 Å². The molecule has 1 atom stereocenters. The number of rotatable bonds is 4. The molecule has 1 fully saturated rings. The van der Waals surface area contributed by atoms with Gasteiger partial charge in [-0.15, -0.1) is 0 Å². The highest BCUT2D eigenvalue weighted by Gasteiger charge is 2.16. The van der Waals surface area contributed by atoms with E-state index in [4.69, 9.17) is 16.3 Å². The van der Waals surface area contributed by atoms with Gasteiger partial charge in [-0.1, -0.05) is 11.6 Å². The van der Waals surface area contributed by atoms with Gasteiger partial charge in [0.25, 0.3) is 5.91 Å². The number of carbonyl (C=O) groups excluding carboxylic acids is 1. The minimum absolute atomic E-state index is 0.0942. The summed E-state index contributed by atoms with van der Waals surface area (Å²) in [6, 6.07) is 5.19. The third kappa shape index (κ3) is 3.70. The molecule has 1 amide bonds. The van der Waals surface area contributed by atoms with Crippen molar-refractivity contribution in [1.29, 1.82) is 0 Å². The quantitative estimate of drug-likeness (QED) is 0.919. The van der Waals surface area contributed by atoms with Crippen LogP contribution in [-0.4, -0.2) is 25.7 Å². The predicted molar refractivity (Wildman–Crippen MR) is 75.0 cm³/mol. The van der Waals surface area contributed by atoms with Crippen LogP contribution in [0, 0.1) is 5.92 Å². The Labute approximate surface area is 120 Å². The van der Waals surface area contributed by atoms with Crippen LogP contribution in [0.5, 0.6) is 0 Å². The van der Waals surface area contributed by atoms with E-state index >= 15 is 0 Å². The van der Waals surface area contributed by atoms with E-state index in [1.807, 2.05) is 0 Å². The maximum atomic E-state index is 12.0. The third-order valence-electron chi connectivity index (χ3n) is 3.04. The molecule has 0 aliphatic carbocycles. The Hall–Kier alpha value is -0.580. The molecule has 0 spiro atoms. The largest absolute Gasteiger partial charge is 0.381 e. The number of hydrogen-bond donors (Lipinski definition) is 1. The van der Waals surface area contributed by atoms with E-state index in [9.17, 15) is 4.79 Å². The Morgan fingerprint density at radius 2 is 2.39 bits per heavy atom. The molecule has 0 saturated carbocycles. The van der Waals surface area contributed by atoms with Crippen LogP contribution in [0.4, 0.5) is 0 Å². The van der Waals surface area contributed by atoms with Crippen LogP contribution in [0.3, 0.4) is 0 Å². The van der Waals surface area contributed by atoms with Crippen molar-refractivity contribution in [3.05, 3.63) is 33.3 Å². The summed E-state index contributed by atoms with van der Waals surface area (Å²) in [5.74, 6) is 0.483. The van der Waals surface area contributed by atoms with E-state index in [1.54, 1.807) is 18.2 Å². The molecule has 1 saturated heterocycles. The second-order valence-electron chi connectivity index (χ2n) is 4.40. The number of benzene rings is 1. The van der Waals surface area contributed by atoms with Crippen LogP contribution in [0.1, 0.15) is 23.2 Å².